The molecule has 2 amide bonds. The molecule has 0 aromatic rings. The maximum atomic E-state index is 11.8. The van der Waals surface area contributed by atoms with Crippen molar-refractivity contribution >= 4 is 11.8 Å². The van der Waals surface area contributed by atoms with E-state index in [1.54, 1.807) is 5.32 Å². The summed E-state index contributed by atoms with van der Waals surface area (Å²) in [5, 5.41) is 10.1. The van der Waals surface area contributed by atoms with Crippen molar-refractivity contribution in [2.75, 3.05) is 26.7 Å². The summed E-state index contributed by atoms with van der Waals surface area (Å²) in [5.41, 5.74) is 0. The fourth-order valence-electron chi connectivity index (χ4n) is 0.979. The molecule has 0 aliphatic rings. The van der Waals surface area contributed by atoms with E-state index in [4.69, 9.17) is 5.11 Å². The van der Waals surface area contributed by atoms with Gasteiger partial charge in [-0.15, -0.1) is 0 Å². The van der Waals surface area contributed by atoms with E-state index in [1.165, 1.54) is 7.05 Å². The summed E-state index contributed by atoms with van der Waals surface area (Å²) in [6.07, 6.45) is -4.15. The smallest absolute Gasteiger partial charge is 0.396 e. The number of halogens is 3. The zero-order valence-electron chi connectivity index (χ0n) is 9.38. The molecule has 0 radical (unpaired) electrons. The highest BCUT2D eigenvalue weighted by molar-refractivity contribution is 5.84. The number of aliphatic hydroxyl groups excluding tert-OH is 1. The molecular formula is C9H15F3N2O3. The van der Waals surface area contributed by atoms with E-state index >= 15 is 0 Å². The first-order valence-corrected chi connectivity index (χ1v) is 4.94. The second-order valence-electron chi connectivity index (χ2n) is 3.47. The monoisotopic (exact) mass is 256 g/mol. The van der Waals surface area contributed by atoms with Gasteiger partial charge in [0.15, 0.2) is 0 Å². The maximum Gasteiger partial charge on any atom is 0.405 e. The van der Waals surface area contributed by atoms with Crippen LogP contribution in [0.25, 0.3) is 0 Å². The summed E-state index contributed by atoms with van der Waals surface area (Å²) < 4.78 is 35.3. The predicted octanol–water partition coefficient (Wildman–Crippen LogP) is -0.104. The summed E-state index contributed by atoms with van der Waals surface area (Å²) >= 11 is 0. The van der Waals surface area contributed by atoms with Crippen molar-refractivity contribution in [1.82, 2.24) is 10.2 Å². The van der Waals surface area contributed by atoms with Crippen LogP contribution in [0.5, 0.6) is 0 Å². The van der Waals surface area contributed by atoms with Crippen LogP contribution in [0, 0.1) is 0 Å². The number of alkyl halides is 3. The number of carbonyl (C=O) groups excluding carboxylic acids is 2. The van der Waals surface area contributed by atoms with Gasteiger partial charge in [0.05, 0.1) is 6.54 Å². The standard InChI is InChI=1S/C9H15F3N2O3/c1-14(8(17)3-2-4-15)5-7(16)13-6-9(10,11)12/h15H,2-6H2,1H3,(H,13,16). The van der Waals surface area contributed by atoms with E-state index in [0.29, 0.717) is 0 Å². The zero-order chi connectivity index (χ0) is 13.5. The van der Waals surface area contributed by atoms with Crippen molar-refractivity contribution in [2.45, 2.75) is 19.0 Å². The second-order valence-corrected chi connectivity index (χ2v) is 3.47. The first-order valence-electron chi connectivity index (χ1n) is 4.94. The van der Waals surface area contributed by atoms with Crippen molar-refractivity contribution in [2.24, 2.45) is 0 Å². The Morgan fingerprint density at radius 2 is 1.94 bits per heavy atom. The van der Waals surface area contributed by atoms with Gasteiger partial charge in [-0.2, -0.15) is 13.2 Å². The Kier molecular flexibility index (Phi) is 6.55. The van der Waals surface area contributed by atoms with E-state index in [0.717, 1.165) is 4.90 Å². The van der Waals surface area contributed by atoms with Crippen LogP contribution in [0.3, 0.4) is 0 Å². The molecule has 0 saturated carbocycles. The molecule has 0 unspecified atom stereocenters. The van der Waals surface area contributed by atoms with Gasteiger partial charge in [0, 0.05) is 20.1 Å². The van der Waals surface area contributed by atoms with Crippen LogP contribution in [0.2, 0.25) is 0 Å². The Hall–Kier alpha value is -1.31. The maximum absolute atomic E-state index is 11.8. The summed E-state index contributed by atoms with van der Waals surface area (Å²) in [7, 11) is 1.31. The van der Waals surface area contributed by atoms with Crippen LogP contribution in [0.15, 0.2) is 0 Å². The molecule has 17 heavy (non-hydrogen) atoms. The van der Waals surface area contributed by atoms with E-state index in [1.807, 2.05) is 0 Å². The van der Waals surface area contributed by atoms with Crippen LogP contribution in [-0.2, 0) is 9.59 Å². The third-order valence-electron chi connectivity index (χ3n) is 1.84. The van der Waals surface area contributed by atoms with Crippen molar-refractivity contribution in [3.05, 3.63) is 0 Å². The van der Waals surface area contributed by atoms with Gasteiger partial charge in [-0.25, -0.2) is 0 Å². The third-order valence-corrected chi connectivity index (χ3v) is 1.84. The molecule has 2 N–H and O–H groups in total. The number of nitrogens with one attached hydrogen (secondary N) is 1. The van der Waals surface area contributed by atoms with Crippen LogP contribution >= 0.6 is 0 Å². The minimum absolute atomic E-state index is 0.0551. The molecule has 5 nitrogen and oxygen atoms in total. The van der Waals surface area contributed by atoms with Crippen molar-refractivity contribution in [3.63, 3.8) is 0 Å². The molecule has 0 aromatic carbocycles. The van der Waals surface area contributed by atoms with E-state index in [2.05, 4.69) is 0 Å². The molecular weight excluding hydrogens is 241 g/mol. The lowest BCUT2D eigenvalue weighted by molar-refractivity contribution is -0.141. The van der Waals surface area contributed by atoms with Gasteiger partial charge < -0.3 is 15.3 Å². The van der Waals surface area contributed by atoms with Crippen LogP contribution in [0.1, 0.15) is 12.8 Å². The molecule has 0 fully saturated rings. The minimum Gasteiger partial charge on any atom is -0.396 e. The van der Waals surface area contributed by atoms with E-state index in [9.17, 15) is 22.8 Å². The number of hydrogen-bond donors (Lipinski definition) is 2. The largest absolute Gasteiger partial charge is 0.405 e. The Morgan fingerprint density at radius 1 is 1.35 bits per heavy atom. The van der Waals surface area contributed by atoms with Gasteiger partial charge in [-0.05, 0) is 6.42 Å². The van der Waals surface area contributed by atoms with Crippen LogP contribution in [0.4, 0.5) is 13.2 Å². The first-order chi connectivity index (χ1) is 7.76. The lowest BCUT2D eigenvalue weighted by atomic mass is 10.3. The average molecular weight is 256 g/mol. The SMILES string of the molecule is CN(CC(=O)NCC(F)(F)F)C(=O)CCCO. The van der Waals surface area contributed by atoms with Gasteiger partial charge >= 0.3 is 6.18 Å². The Balaban J connectivity index is 3.91. The second kappa shape index (κ2) is 7.10. The molecule has 0 spiro atoms. The number of hydrogen-bond acceptors (Lipinski definition) is 3. The van der Waals surface area contributed by atoms with Gasteiger partial charge in [-0.1, -0.05) is 0 Å². The lowest BCUT2D eigenvalue weighted by Crippen LogP contribution is -2.41. The fraction of sp³-hybridized carbons (Fsp3) is 0.778. The quantitative estimate of drug-likeness (QED) is 0.697. The molecule has 0 aliphatic heterocycles. The topological polar surface area (TPSA) is 69.6 Å². The summed E-state index contributed by atoms with van der Waals surface area (Å²) in [6.45, 7) is -2.00. The molecule has 0 bridgehead atoms. The summed E-state index contributed by atoms with van der Waals surface area (Å²) in [6, 6.07) is 0. The lowest BCUT2D eigenvalue weighted by Gasteiger charge is -2.17. The molecule has 0 atom stereocenters. The predicted molar refractivity (Wildman–Crippen MR) is 53.0 cm³/mol. The normalized spacial score (nSPS) is 11.1. The highest BCUT2D eigenvalue weighted by atomic mass is 19.4. The van der Waals surface area contributed by atoms with Gasteiger partial charge in [0.25, 0.3) is 0 Å². The highest BCUT2D eigenvalue weighted by Crippen LogP contribution is 2.11. The molecule has 0 aromatic heterocycles. The number of carbonyl (C=O) groups is 2. The number of likely N-dealkylation sites (N-methyl/N-ethyl adjacent to an activating group) is 1. The Bertz CT molecular complexity index is 269. The molecule has 100 valence electrons. The molecule has 0 aliphatic carbocycles. The van der Waals surface area contributed by atoms with Crippen molar-refractivity contribution in [3.8, 4) is 0 Å². The van der Waals surface area contributed by atoms with Gasteiger partial charge in [-0.3, -0.25) is 9.59 Å². The Labute approximate surface area is 96.6 Å². The number of aliphatic hydroxyl groups is 1. The minimum atomic E-state index is -4.46. The summed E-state index contributed by atoms with van der Waals surface area (Å²) in [5.74, 6) is -1.27. The van der Waals surface area contributed by atoms with E-state index < -0.39 is 31.1 Å². The van der Waals surface area contributed by atoms with E-state index in [-0.39, 0.29) is 19.4 Å². The number of rotatable bonds is 6. The van der Waals surface area contributed by atoms with Crippen LogP contribution < -0.4 is 5.32 Å². The summed E-state index contributed by atoms with van der Waals surface area (Å²) in [4.78, 5) is 23.3. The molecule has 0 rings (SSSR count). The highest BCUT2D eigenvalue weighted by Gasteiger charge is 2.27. The number of nitrogens with zero attached hydrogens (tertiary/aromatic N) is 1. The number of amides is 2. The van der Waals surface area contributed by atoms with Gasteiger partial charge in [0.2, 0.25) is 11.8 Å². The third kappa shape index (κ3) is 8.49. The fourth-order valence-corrected chi connectivity index (χ4v) is 0.979. The molecule has 8 heteroatoms. The van der Waals surface area contributed by atoms with Gasteiger partial charge in [0.1, 0.15) is 6.54 Å². The molecule has 0 heterocycles. The van der Waals surface area contributed by atoms with Crippen molar-refractivity contribution < 1.29 is 27.9 Å². The van der Waals surface area contributed by atoms with Crippen molar-refractivity contribution in [1.29, 1.82) is 0 Å². The Morgan fingerprint density at radius 3 is 2.41 bits per heavy atom. The average Bonchev–Trinajstić information content (AvgIpc) is 2.22. The first kappa shape index (κ1) is 15.7. The zero-order valence-corrected chi connectivity index (χ0v) is 9.38. The molecule has 0 saturated heterocycles. The van der Waals surface area contributed by atoms with Crippen LogP contribution in [-0.4, -0.2) is 54.7 Å².